The highest BCUT2D eigenvalue weighted by Crippen LogP contribution is 2.24. The van der Waals surface area contributed by atoms with Crippen LogP contribution in [0, 0.1) is 0 Å². The summed E-state index contributed by atoms with van der Waals surface area (Å²) in [4.78, 5) is 28.7. The molecule has 2 aromatic rings. The highest BCUT2D eigenvalue weighted by molar-refractivity contribution is 7.13. The van der Waals surface area contributed by atoms with E-state index in [1.54, 1.807) is 24.0 Å². The number of carboxylic acids is 1. The van der Waals surface area contributed by atoms with Crippen LogP contribution in [0.15, 0.2) is 28.4 Å². The summed E-state index contributed by atoms with van der Waals surface area (Å²) in [5.74, 6) is -1.34. The van der Waals surface area contributed by atoms with Gasteiger partial charge in [-0.25, -0.2) is 4.98 Å². The van der Waals surface area contributed by atoms with Gasteiger partial charge in [0, 0.05) is 24.6 Å². The van der Waals surface area contributed by atoms with E-state index in [4.69, 9.17) is 14.3 Å². The van der Waals surface area contributed by atoms with Gasteiger partial charge in [-0.2, -0.15) is 0 Å². The monoisotopic (exact) mass is 324 g/mol. The van der Waals surface area contributed by atoms with E-state index in [1.165, 1.54) is 23.3 Å². The number of ether oxygens (including phenoxy) is 1. The molecule has 0 fully saturated rings. The Kier molecular flexibility index (Phi) is 5.68. The van der Waals surface area contributed by atoms with E-state index >= 15 is 0 Å². The number of carbonyl (C=O) groups excluding carboxylic acids is 1. The van der Waals surface area contributed by atoms with Gasteiger partial charge in [-0.15, -0.1) is 11.3 Å². The molecule has 2 rings (SSSR count). The molecule has 0 aromatic carbocycles. The first-order chi connectivity index (χ1) is 10.6. The number of rotatable bonds is 8. The van der Waals surface area contributed by atoms with Crippen molar-refractivity contribution in [2.75, 3.05) is 26.8 Å². The molecule has 0 saturated carbocycles. The first-order valence-corrected chi connectivity index (χ1v) is 7.43. The quantitative estimate of drug-likeness (QED) is 0.791. The molecule has 0 radical (unpaired) electrons. The first-order valence-electron chi connectivity index (χ1n) is 6.55. The number of aromatic nitrogens is 1. The van der Waals surface area contributed by atoms with Crippen molar-refractivity contribution in [1.82, 2.24) is 9.88 Å². The number of thiazole rings is 1. The second-order valence-electron chi connectivity index (χ2n) is 4.53. The Bertz CT molecular complexity index is 623. The molecule has 0 aliphatic carbocycles. The van der Waals surface area contributed by atoms with Gasteiger partial charge in [0.05, 0.1) is 25.0 Å². The first kappa shape index (κ1) is 16.2. The lowest BCUT2D eigenvalue weighted by molar-refractivity contribution is -0.144. The average Bonchev–Trinajstić information content (AvgIpc) is 3.13. The third kappa shape index (κ3) is 4.40. The van der Waals surface area contributed by atoms with Gasteiger partial charge < -0.3 is 19.2 Å². The topological polar surface area (TPSA) is 92.9 Å². The van der Waals surface area contributed by atoms with Crippen molar-refractivity contribution in [1.29, 1.82) is 0 Å². The van der Waals surface area contributed by atoms with Crippen LogP contribution < -0.4 is 0 Å². The van der Waals surface area contributed by atoms with Crippen LogP contribution in [-0.2, 0) is 20.7 Å². The van der Waals surface area contributed by atoms with Gasteiger partial charge >= 0.3 is 5.97 Å². The molecule has 0 saturated heterocycles. The summed E-state index contributed by atoms with van der Waals surface area (Å²) in [6, 6.07) is 1.79. The zero-order valence-electron chi connectivity index (χ0n) is 12.0. The molecule has 0 unspecified atom stereocenters. The number of methoxy groups -OCH3 is 1. The van der Waals surface area contributed by atoms with E-state index in [9.17, 15) is 9.59 Å². The minimum atomic E-state index is -1.05. The van der Waals surface area contributed by atoms with Crippen LogP contribution in [-0.4, -0.2) is 53.7 Å². The van der Waals surface area contributed by atoms with Crippen LogP contribution in [0.5, 0.6) is 0 Å². The van der Waals surface area contributed by atoms with Gasteiger partial charge in [-0.1, -0.05) is 0 Å². The van der Waals surface area contributed by atoms with Crippen LogP contribution in [0.1, 0.15) is 5.69 Å². The summed E-state index contributed by atoms with van der Waals surface area (Å²) in [6.07, 6.45) is 3.20. The Morgan fingerprint density at radius 3 is 2.95 bits per heavy atom. The molecule has 0 bridgehead atoms. The standard InChI is InChI=1S/C14H16N2O5S/c1-20-5-3-16(7-13(18)19)12(17)6-11-9-22-14(15-11)10-2-4-21-8-10/h2,4,8-9H,3,5-7H2,1H3,(H,18,19). The Hall–Kier alpha value is -2.19. The molecule has 1 amide bonds. The third-order valence-electron chi connectivity index (χ3n) is 2.90. The van der Waals surface area contributed by atoms with E-state index in [-0.39, 0.29) is 32.0 Å². The van der Waals surface area contributed by atoms with Crippen molar-refractivity contribution in [3.05, 3.63) is 29.7 Å². The van der Waals surface area contributed by atoms with E-state index < -0.39 is 5.97 Å². The zero-order valence-corrected chi connectivity index (χ0v) is 12.8. The van der Waals surface area contributed by atoms with Crippen LogP contribution >= 0.6 is 11.3 Å². The SMILES string of the molecule is COCCN(CC(=O)O)C(=O)Cc1csc(-c2ccoc2)n1. The van der Waals surface area contributed by atoms with Crippen LogP contribution in [0.2, 0.25) is 0 Å². The lowest BCUT2D eigenvalue weighted by atomic mass is 10.3. The zero-order chi connectivity index (χ0) is 15.9. The lowest BCUT2D eigenvalue weighted by Crippen LogP contribution is -2.38. The molecule has 118 valence electrons. The Morgan fingerprint density at radius 2 is 2.32 bits per heavy atom. The van der Waals surface area contributed by atoms with Gasteiger partial charge in [0.25, 0.3) is 0 Å². The molecule has 2 aromatic heterocycles. The fourth-order valence-electron chi connectivity index (χ4n) is 1.83. The van der Waals surface area contributed by atoms with Gasteiger partial charge in [-0.3, -0.25) is 9.59 Å². The summed E-state index contributed by atoms with van der Waals surface area (Å²) in [7, 11) is 1.50. The number of hydrogen-bond donors (Lipinski definition) is 1. The number of nitrogens with zero attached hydrogens (tertiary/aromatic N) is 2. The van der Waals surface area contributed by atoms with Crippen molar-refractivity contribution in [2.24, 2.45) is 0 Å². The van der Waals surface area contributed by atoms with Crippen molar-refractivity contribution in [2.45, 2.75) is 6.42 Å². The highest BCUT2D eigenvalue weighted by atomic mass is 32.1. The fraction of sp³-hybridized carbons (Fsp3) is 0.357. The summed E-state index contributed by atoms with van der Waals surface area (Å²) in [5.41, 5.74) is 1.46. The second-order valence-corrected chi connectivity index (χ2v) is 5.39. The van der Waals surface area contributed by atoms with E-state index in [1.807, 2.05) is 0 Å². The molecule has 0 spiro atoms. The van der Waals surface area contributed by atoms with Crippen LogP contribution in [0.4, 0.5) is 0 Å². The van der Waals surface area contributed by atoms with Crippen molar-refractivity contribution in [3.8, 4) is 10.6 Å². The molecular formula is C14H16N2O5S. The predicted molar refractivity (Wildman–Crippen MR) is 79.6 cm³/mol. The Morgan fingerprint density at radius 1 is 1.50 bits per heavy atom. The molecule has 7 nitrogen and oxygen atoms in total. The highest BCUT2D eigenvalue weighted by Gasteiger charge is 2.18. The third-order valence-corrected chi connectivity index (χ3v) is 3.84. The molecule has 22 heavy (non-hydrogen) atoms. The maximum absolute atomic E-state index is 12.2. The Labute approximate surface area is 131 Å². The molecule has 1 N–H and O–H groups in total. The molecular weight excluding hydrogens is 308 g/mol. The smallest absolute Gasteiger partial charge is 0.323 e. The maximum Gasteiger partial charge on any atom is 0.323 e. The average molecular weight is 324 g/mol. The van der Waals surface area contributed by atoms with Crippen LogP contribution in [0.3, 0.4) is 0 Å². The minimum absolute atomic E-state index is 0.0609. The minimum Gasteiger partial charge on any atom is -0.480 e. The van der Waals surface area contributed by atoms with E-state index in [2.05, 4.69) is 4.98 Å². The number of hydrogen-bond acceptors (Lipinski definition) is 6. The van der Waals surface area contributed by atoms with E-state index in [0.717, 1.165) is 10.6 Å². The van der Waals surface area contributed by atoms with Gasteiger partial charge in [0.2, 0.25) is 5.91 Å². The summed E-state index contributed by atoms with van der Waals surface area (Å²) in [5, 5.41) is 11.4. The number of carbonyl (C=O) groups is 2. The molecule has 2 heterocycles. The predicted octanol–water partition coefficient (Wildman–Crippen LogP) is 1.51. The molecule has 0 aliphatic heterocycles. The molecule has 0 atom stereocenters. The summed E-state index contributed by atoms with van der Waals surface area (Å²) < 4.78 is 9.89. The maximum atomic E-state index is 12.2. The van der Waals surface area contributed by atoms with Gasteiger partial charge in [0.1, 0.15) is 17.8 Å². The number of furan rings is 1. The number of amides is 1. The van der Waals surface area contributed by atoms with Crippen molar-refractivity contribution >= 4 is 23.2 Å². The summed E-state index contributed by atoms with van der Waals surface area (Å²) >= 11 is 1.41. The van der Waals surface area contributed by atoms with Crippen molar-refractivity contribution < 1.29 is 23.8 Å². The molecule has 0 aliphatic rings. The summed E-state index contributed by atoms with van der Waals surface area (Å²) in [6.45, 7) is 0.178. The fourth-order valence-corrected chi connectivity index (χ4v) is 2.64. The lowest BCUT2D eigenvalue weighted by Gasteiger charge is -2.19. The number of carboxylic acid groups (broad SMARTS) is 1. The second kappa shape index (κ2) is 7.71. The van der Waals surface area contributed by atoms with Gasteiger partial charge in [-0.05, 0) is 6.07 Å². The number of aliphatic carboxylic acids is 1. The van der Waals surface area contributed by atoms with Crippen LogP contribution in [0.25, 0.3) is 10.6 Å². The van der Waals surface area contributed by atoms with Gasteiger partial charge in [0.15, 0.2) is 0 Å². The largest absolute Gasteiger partial charge is 0.480 e. The van der Waals surface area contributed by atoms with E-state index in [0.29, 0.717) is 5.69 Å². The molecule has 8 heteroatoms. The normalized spacial score (nSPS) is 10.6. The Balaban J connectivity index is 2.01. The van der Waals surface area contributed by atoms with Crippen molar-refractivity contribution in [3.63, 3.8) is 0 Å².